The molecule has 0 saturated heterocycles. The number of aromatic carboxylic acids is 2. The number of rotatable bonds is 42. The summed E-state index contributed by atoms with van der Waals surface area (Å²) in [5.41, 5.74) is -3.79. The Labute approximate surface area is 559 Å². The van der Waals surface area contributed by atoms with Crippen molar-refractivity contribution in [1.82, 2.24) is 10.2 Å². The van der Waals surface area contributed by atoms with E-state index < -0.39 is 83.6 Å². The Bertz CT molecular complexity index is 2980. The van der Waals surface area contributed by atoms with E-state index in [1.54, 1.807) is 20.8 Å². The smallest absolute Gasteiger partial charge is 0.417 e. The number of carbonyl (C=O) groups excluding carboxylic acids is 3. The number of nitro groups is 4. The van der Waals surface area contributed by atoms with E-state index in [1.165, 1.54) is 68.7 Å². The summed E-state index contributed by atoms with van der Waals surface area (Å²) in [6.45, 7) is 9.19. The van der Waals surface area contributed by atoms with E-state index in [0.717, 1.165) is 23.1 Å². The third-order valence-electron chi connectivity index (χ3n) is 11.0. The molecule has 4 aromatic carbocycles. The summed E-state index contributed by atoms with van der Waals surface area (Å²) < 4.78 is 74.5. The highest BCUT2D eigenvalue weighted by Crippen LogP contribution is 2.34. The van der Waals surface area contributed by atoms with Crippen molar-refractivity contribution in [2.45, 2.75) is 26.4 Å². The van der Waals surface area contributed by atoms with Gasteiger partial charge in [0.25, 0.3) is 11.8 Å². The number of imide groups is 1. The first kappa shape index (κ1) is 88.6. The number of halogens is 1. The predicted octanol–water partition coefficient (Wildman–Crippen LogP) is 3.50. The molecule has 4 aromatic rings. The van der Waals surface area contributed by atoms with Crippen LogP contribution >= 0.6 is 0 Å². The molecule has 38 nitrogen and oxygen atoms in total. The second kappa shape index (κ2) is 52.8. The fourth-order valence-electron chi connectivity index (χ4n) is 6.75. The summed E-state index contributed by atoms with van der Waals surface area (Å²) >= 11 is 0. The van der Waals surface area contributed by atoms with Crippen molar-refractivity contribution in [2.75, 3.05) is 173 Å². The largest absolute Gasteiger partial charge is 0.484 e. The topological polar surface area (TPSA) is 526 Å². The zero-order valence-corrected chi connectivity index (χ0v) is 54.3. The number of aliphatic hydroxyl groups is 5. The Morgan fingerprint density at radius 3 is 0.990 bits per heavy atom. The molecule has 8 N–H and O–H groups in total. The number of carbonyl (C=O) groups is 5. The van der Waals surface area contributed by atoms with Gasteiger partial charge in [-0.2, -0.15) is 4.39 Å². The molecule has 0 atom stereocenters. The number of hydrogen-bond acceptors (Lipinski definition) is 30. The van der Waals surface area contributed by atoms with Crippen LogP contribution in [0.2, 0.25) is 0 Å². The van der Waals surface area contributed by atoms with E-state index in [-0.39, 0.29) is 152 Å². The van der Waals surface area contributed by atoms with Crippen molar-refractivity contribution in [2.24, 2.45) is 0 Å². The predicted molar refractivity (Wildman–Crippen MR) is 336 cm³/mol. The van der Waals surface area contributed by atoms with E-state index in [0.29, 0.717) is 46.2 Å². The summed E-state index contributed by atoms with van der Waals surface area (Å²) in [6.07, 6.45) is -0.892. The van der Waals surface area contributed by atoms with Crippen LogP contribution in [0.25, 0.3) is 0 Å². The fraction of sp³-hybridized carbons (Fsp3) is 0.508. The highest BCUT2D eigenvalue weighted by molar-refractivity contribution is 6.05. The van der Waals surface area contributed by atoms with Crippen LogP contribution in [0.4, 0.5) is 31.9 Å². The van der Waals surface area contributed by atoms with Crippen LogP contribution in [0, 0.1) is 46.3 Å². The lowest BCUT2D eigenvalue weighted by molar-refractivity contribution is -0.387. The maximum Gasteiger partial charge on any atom is 0.417 e. The number of carboxylic acid groups (broad SMARTS) is 2. The second-order valence-corrected chi connectivity index (χ2v) is 19.2. The molecule has 0 aliphatic heterocycles. The average Bonchev–Trinajstić information content (AvgIpc) is 0.820. The van der Waals surface area contributed by atoms with Gasteiger partial charge in [0.15, 0.2) is 0 Å². The monoisotopic (exact) mass is 1410 g/mol. The molecule has 98 heavy (non-hydrogen) atoms. The first-order valence-corrected chi connectivity index (χ1v) is 29.2. The molecule has 0 bridgehead atoms. The van der Waals surface area contributed by atoms with Crippen molar-refractivity contribution in [3.63, 3.8) is 0 Å². The van der Waals surface area contributed by atoms with Gasteiger partial charge >= 0.3 is 40.8 Å². The molecule has 0 heterocycles. The molecule has 0 aliphatic carbocycles. The molecule has 0 aliphatic rings. The van der Waals surface area contributed by atoms with Crippen LogP contribution in [0.1, 0.15) is 62.2 Å². The number of carboxylic acids is 2. The van der Waals surface area contributed by atoms with Crippen LogP contribution in [-0.4, -0.2) is 268 Å². The number of hydrogen-bond donors (Lipinski definition) is 8. The quantitative estimate of drug-likeness (QED) is 0.0179. The Morgan fingerprint density at radius 2 is 0.694 bits per heavy atom. The van der Waals surface area contributed by atoms with E-state index in [2.05, 4.69) is 5.32 Å². The molecule has 548 valence electrons. The number of benzene rings is 4. The lowest BCUT2D eigenvalue weighted by atomic mass is 10.1. The minimum absolute atomic E-state index is 0.0366. The molecule has 0 saturated carbocycles. The number of nitrogens with zero attached hydrogens (tertiary/aromatic N) is 5. The van der Waals surface area contributed by atoms with Crippen molar-refractivity contribution >= 4 is 52.6 Å². The zero-order valence-electron chi connectivity index (χ0n) is 54.3. The third-order valence-corrected chi connectivity index (χ3v) is 11.0. The second-order valence-electron chi connectivity index (χ2n) is 19.2. The van der Waals surface area contributed by atoms with Crippen LogP contribution in [0.5, 0.6) is 17.2 Å². The Morgan fingerprint density at radius 1 is 0.429 bits per heavy atom. The van der Waals surface area contributed by atoms with Crippen molar-refractivity contribution in [3.05, 3.63) is 141 Å². The third kappa shape index (κ3) is 37.2. The number of aliphatic hydroxyl groups excluding tert-OH is 5. The van der Waals surface area contributed by atoms with Gasteiger partial charge in [-0.05, 0) is 45.0 Å². The van der Waals surface area contributed by atoms with Crippen molar-refractivity contribution in [1.29, 1.82) is 0 Å². The van der Waals surface area contributed by atoms with Gasteiger partial charge in [-0.3, -0.25) is 50.0 Å². The Hall–Kier alpha value is -9.36. The van der Waals surface area contributed by atoms with Crippen molar-refractivity contribution < 1.29 is 141 Å². The van der Waals surface area contributed by atoms with Gasteiger partial charge < -0.3 is 97.9 Å². The summed E-state index contributed by atoms with van der Waals surface area (Å²) in [5.74, 6) is -6.07. The first-order chi connectivity index (χ1) is 46.7. The highest BCUT2D eigenvalue weighted by atomic mass is 19.1. The number of nitrogens with one attached hydrogen (secondary N) is 1. The summed E-state index contributed by atoms with van der Waals surface area (Å²) in [7, 11) is 2.65. The van der Waals surface area contributed by atoms with E-state index in [4.69, 9.17) is 92.6 Å². The van der Waals surface area contributed by atoms with Gasteiger partial charge in [0, 0.05) is 38.4 Å². The minimum atomic E-state index is -1.53. The molecule has 4 rings (SSSR count). The van der Waals surface area contributed by atoms with Gasteiger partial charge in [-0.1, -0.05) is 24.3 Å². The van der Waals surface area contributed by atoms with Gasteiger partial charge in [0.1, 0.15) is 36.5 Å². The number of amides is 3. The van der Waals surface area contributed by atoms with Gasteiger partial charge in [0.2, 0.25) is 23.1 Å². The fourth-order valence-corrected chi connectivity index (χ4v) is 6.75. The molecule has 0 fully saturated rings. The van der Waals surface area contributed by atoms with Gasteiger partial charge in [-0.25, -0.2) is 19.3 Å². The van der Waals surface area contributed by atoms with Crippen LogP contribution in [0.3, 0.4) is 0 Å². The molecule has 0 radical (unpaired) electrons. The number of ether oxygens (including phenoxy) is 12. The lowest BCUT2D eigenvalue weighted by Crippen LogP contribution is -2.38. The lowest BCUT2D eigenvalue weighted by Gasteiger charge is -2.24. The summed E-state index contributed by atoms with van der Waals surface area (Å²) in [4.78, 5) is 99.3. The van der Waals surface area contributed by atoms with Gasteiger partial charge in [0.05, 0.1) is 170 Å². The SMILES string of the molecule is CN(C(=O)OC(C)(C)C)C(=O)c1cccc([N+](=O)[O-])c1OCCOCCOCCO.CNC(=O)c1cccc([N+](=O)[O-])c1OCCOCCOCCO.O=C(O)c1cccc([N+](=O)[O-])c1F.O=C(O)c1cccc([N+](=O)[O-])c1OCCOCCOCCO.OCCOCCOCCO. The molecule has 39 heteroatoms. The molecular weight excluding hydrogens is 1320 g/mol. The minimum Gasteiger partial charge on any atom is -0.484 e. The summed E-state index contributed by atoms with van der Waals surface area (Å²) in [6, 6.07) is 14.7. The van der Waals surface area contributed by atoms with E-state index >= 15 is 0 Å². The first-order valence-electron chi connectivity index (χ1n) is 29.2. The molecule has 0 spiro atoms. The molecule has 3 amide bonds. The number of para-hydroxylation sites is 3. The molecular formula is C59H83FN6O32. The standard InChI is InChI=1S/C19H28N2O9.C14H20N2O7.C13H17NO8.C7H4FNO4.C6H14O4/c1-19(2,3)30-18(24)20(4)17(23)14-6-5-7-15(21(25)26)16(14)29-13-12-28-11-10-27-9-8-22;1-15-14(18)11-3-2-4-12(16(19)20)13(11)23-10-9-22-8-7-21-6-5-17;15-4-5-20-6-7-21-8-9-22-12-10(13(16)17)2-1-3-11(12)14(18)19;8-6-4(7(10)11)2-1-3-5(6)9(12)13;7-1-3-9-5-6-10-4-2-8/h5-7,22H,8-13H2,1-4H3;2-4,17H,5-10H2,1H3,(H,15,18);1-3,15H,4-9H2,(H,16,17);1-3H,(H,10,11);7-8H,1-6H2. The van der Waals surface area contributed by atoms with Gasteiger partial charge in [-0.15, -0.1) is 0 Å². The molecule has 0 unspecified atom stereocenters. The average molecular weight is 1410 g/mol. The Kier molecular flexibility index (Phi) is 47.7. The maximum atomic E-state index is 13.0. The van der Waals surface area contributed by atoms with Crippen LogP contribution in [0.15, 0.2) is 72.8 Å². The Balaban J connectivity index is 0.00000125. The van der Waals surface area contributed by atoms with Crippen LogP contribution in [-0.2, 0) is 42.6 Å². The van der Waals surface area contributed by atoms with E-state index in [1.807, 2.05) is 0 Å². The van der Waals surface area contributed by atoms with Crippen LogP contribution < -0.4 is 19.5 Å². The van der Waals surface area contributed by atoms with E-state index in [9.17, 15) is 68.8 Å². The molecule has 0 aromatic heterocycles. The van der Waals surface area contributed by atoms with Crippen molar-refractivity contribution in [3.8, 4) is 17.2 Å². The highest BCUT2D eigenvalue weighted by Gasteiger charge is 2.31. The number of nitro benzene ring substituents is 4. The normalized spacial score (nSPS) is 10.5. The summed E-state index contributed by atoms with van der Waals surface area (Å²) in [5, 5.41) is 105. The maximum absolute atomic E-state index is 13.0. The zero-order chi connectivity index (χ0) is 73.8.